The first-order valence-corrected chi connectivity index (χ1v) is 9.64. The van der Waals surface area contributed by atoms with Gasteiger partial charge in [0.15, 0.2) is 0 Å². The smallest absolute Gasteiger partial charge is 0.0553 e. The molecular formula is C19H18BrNS. The molecule has 0 spiro atoms. The number of allylic oxidation sites excluding steroid dienone is 2. The number of fused-ring (bicyclic) bond motifs is 3. The molecule has 1 aliphatic heterocycles. The Balaban J connectivity index is 1.74. The van der Waals surface area contributed by atoms with Crippen LogP contribution in [0, 0.1) is 5.92 Å². The molecule has 0 radical (unpaired) electrons. The van der Waals surface area contributed by atoms with Gasteiger partial charge in [0.1, 0.15) is 0 Å². The van der Waals surface area contributed by atoms with Crippen LogP contribution < -0.4 is 5.32 Å². The maximum atomic E-state index is 3.78. The molecule has 22 heavy (non-hydrogen) atoms. The van der Waals surface area contributed by atoms with Crippen molar-refractivity contribution in [3.05, 3.63) is 70.2 Å². The lowest BCUT2D eigenvalue weighted by Gasteiger charge is -2.37. The molecule has 0 amide bonds. The number of thioether (sulfide) groups is 1. The van der Waals surface area contributed by atoms with E-state index < -0.39 is 0 Å². The summed E-state index contributed by atoms with van der Waals surface area (Å²) in [5, 5.41) is 3.78. The second kappa shape index (κ2) is 5.78. The first kappa shape index (κ1) is 14.4. The summed E-state index contributed by atoms with van der Waals surface area (Å²) in [5.74, 6) is 1.14. The molecule has 0 fully saturated rings. The number of hydrogen-bond donors (Lipinski definition) is 1. The van der Waals surface area contributed by atoms with Crippen molar-refractivity contribution in [3.63, 3.8) is 0 Å². The van der Waals surface area contributed by atoms with Gasteiger partial charge in [-0.05, 0) is 60.1 Å². The highest BCUT2D eigenvalue weighted by atomic mass is 79.9. The Morgan fingerprint density at radius 1 is 1.14 bits per heavy atom. The maximum Gasteiger partial charge on any atom is 0.0553 e. The van der Waals surface area contributed by atoms with Crippen molar-refractivity contribution in [2.75, 3.05) is 11.6 Å². The maximum absolute atomic E-state index is 3.78. The summed E-state index contributed by atoms with van der Waals surface area (Å²) in [6.45, 7) is 0. The normalized spacial score (nSPS) is 25.5. The molecule has 3 heteroatoms. The summed E-state index contributed by atoms with van der Waals surface area (Å²) >= 11 is 5.40. The van der Waals surface area contributed by atoms with Gasteiger partial charge < -0.3 is 5.32 Å². The van der Waals surface area contributed by atoms with E-state index in [0.717, 1.165) is 10.9 Å². The van der Waals surface area contributed by atoms with E-state index in [2.05, 4.69) is 82.1 Å². The molecule has 112 valence electrons. The molecule has 0 saturated carbocycles. The van der Waals surface area contributed by atoms with E-state index in [1.54, 1.807) is 11.8 Å². The zero-order valence-electron chi connectivity index (χ0n) is 12.4. The second-order valence-electron chi connectivity index (χ2n) is 5.98. The molecule has 1 heterocycles. The van der Waals surface area contributed by atoms with Gasteiger partial charge in [-0.2, -0.15) is 0 Å². The molecule has 2 aromatic carbocycles. The van der Waals surface area contributed by atoms with Gasteiger partial charge in [-0.3, -0.25) is 0 Å². The molecule has 1 N–H and O–H groups in total. The van der Waals surface area contributed by atoms with Crippen molar-refractivity contribution < 1.29 is 0 Å². The average Bonchev–Trinajstić information content (AvgIpc) is 3.04. The van der Waals surface area contributed by atoms with Crippen LogP contribution in [0.3, 0.4) is 0 Å². The predicted molar refractivity (Wildman–Crippen MR) is 98.7 cm³/mol. The van der Waals surface area contributed by atoms with Crippen LogP contribution >= 0.6 is 27.7 Å². The summed E-state index contributed by atoms with van der Waals surface area (Å²) in [5.41, 5.74) is 4.09. The van der Waals surface area contributed by atoms with Crippen molar-refractivity contribution in [1.82, 2.24) is 0 Å². The van der Waals surface area contributed by atoms with E-state index in [4.69, 9.17) is 0 Å². The highest BCUT2D eigenvalue weighted by molar-refractivity contribution is 9.10. The Kier molecular flexibility index (Phi) is 3.79. The summed E-state index contributed by atoms with van der Waals surface area (Å²) in [6.07, 6.45) is 8.01. The van der Waals surface area contributed by atoms with Crippen LogP contribution in [0.5, 0.6) is 0 Å². The van der Waals surface area contributed by atoms with Crippen molar-refractivity contribution in [2.24, 2.45) is 5.92 Å². The minimum absolute atomic E-state index is 0.393. The molecule has 3 atom stereocenters. The molecule has 2 aromatic rings. The van der Waals surface area contributed by atoms with Crippen LogP contribution in [-0.2, 0) is 0 Å². The fourth-order valence-corrected chi connectivity index (χ4v) is 4.49. The van der Waals surface area contributed by atoms with Gasteiger partial charge in [0.2, 0.25) is 0 Å². The van der Waals surface area contributed by atoms with Crippen LogP contribution in [0.1, 0.15) is 29.5 Å². The van der Waals surface area contributed by atoms with E-state index in [1.807, 2.05) is 0 Å². The second-order valence-corrected chi connectivity index (χ2v) is 7.78. The number of nitrogens with one attached hydrogen (secondary N) is 1. The zero-order chi connectivity index (χ0) is 15.1. The lowest BCUT2D eigenvalue weighted by Crippen LogP contribution is -2.29. The van der Waals surface area contributed by atoms with Crippen molar-refractivity contribution in [3.8, 4) is 0 Å². The minimum atomic E-state index is 0.393. The highest BCUT2D eigenvalue weighted by Gasteiger charge is 2.37. The van der Waals surface area contributed by atoms with Crippen LogP contribution in [0.2, 0.25) is 0 Å². The van der Waals surface area contributed by atoms with Gasteiger partial charge in [-0.15, -0.1) is 11.8 Å². The first-order valence-electron chi connectivity index (χ1n) is 7.63. The summed E-state index contributed by atoms with van der Waals surface area (Å²) < 4.78 is 1.16. The van der Waals surface area contributed by atoms with Gasteiger partial charge in [0.05, 0.1) is 6.04 Å². The third kappa shape index (κ3) is 2.40. The Bertz CT molecular complexity index is 723. The Morgan fingerprint density at radius 2 is 1.95 bits per heavy atom. The third-order valence-electron chi connectivity index (χ3n) is 4.80. The molecule has 0 bridgehead atoms. The van der Waals surface area contributed by atoms with Crippen LogP contribution in [-0.4, -0.2) is 6.26 Å². The molecule has 1 aliphatic carbocycles. The lowest BCUT2D eigenvalue weighted by atomic mass is 9.77. The third-order valence-corrected chi connectivity index (χ3v) is 6.04. The van der Waals surface area contributed by atoms with E-state index in [0.29, 0.717) is 17.9 Å². The van der Waals surface area contributed by atoms with E-state index >= 15 is 0 Å². The van der Waals surface area contributed by atoms with Crippen LogP contribution in [0.15, 0.2) is 64.0 Å². The van der Waals surface area contributed by atoms with Crippen molar-refractivity contribution >= 4 is 33.4 Å². The summed E-state index contributed by atoms with van der Waals surface area (Å²) in [6, 6.07) is 16.0. The van der Waals surface area contributed by atoms with E-state index in [9.17, 15) is 0 Å². The zero-order valence-corrected chi connectivity index (χ0v) is 14.8. The fourth-order valence-electron chi connectivity index (χ4n) is 3.71. The van der Waals surface area contributed by atoms with Gasteiger partial charge in [0.25, 0.3) is 0 Å². The minimum Gasteiger partial charge on any atom is -0.378 e. The van der Waals surface area contributed by atoms with Gasteiger partial charge in [-0.1, -0.05) is 40.2 Å². The van der Waals surface area contributed by atoms with Crippen LogP contribution in [0.4, 0.5) is 5.69 Å². The fraction of sp³-hybridized carbons (Fsp3) is 0.263. The molecule has 1 nitrogen and oxygen atoms in total. The summed E-state index contributed by atoms with van der Waals surface area (Å²) in [4.78, 5) is 1.32. The van der Waals surface area contributed by atoms with Crippen molar-refractivity contribution in [2.45, 2.75) is 23.3 Å². The Morgan fingerprint density at radius 3 is 2.73 bits per heavy atom. The monoisotopic (exact) mass is 371 g/mol. The van der Waals surface area contributed by atoms with Gasteiger partial charge in [0, 0.05) is 21.0 Å². The van der Waals surface area contributed by atoms with Gasteiger partial charge in [-0.25, -0.2) is 0 Å². The molecule has 0 aromatic heterocycles. The molecular weight excluding hydrogens is 354 g/mol. The standard InChI is InChI=1S/C19H18BrNS/c1-22-14-8-5-12(6-9-14)19-16-4-2-3-15(16)17-11-13(20)7-10-18(17)21-19/h2-3,5-11,15-16,19,21H,4H2,1H3. The number of halogens is 1. The topological polar surface area (TPSA) is 12.0 Å². The van der Waals surface area contributed by atoms with Crippen molar-refractivity contribution in [1.29, 1.82) is 0 Å². The molecule has 4 rings (SSSR count). The number of rotatable bonds is 2. The first-order chi connectivity index (χ1) is 10.8. The average molecular weight is 372 g/mol. The van der Waals surface area contributed by atoms with E-state index in [1.165, 1.54) is 21.7 Å². The predicted octanol–water partition coefficient (Wildman–Crippen LogP) is 6.00. The Labute approximate surface area is 144 Å². The number of hydrogen-bond acceptors (Lipinski definition) is 2. The SMILES string of the molecule is CSc1ccc(C2Nc3ccc(Br)cc3C3C=CCC32)cc1. The number of benzene rings is 2. The number of anilines is 1. The molecule has 2 aliphatic rings. The Hall–Kier alpha value is -1.19. The highest BCUT2D eigenvalue weighted by Crippen LogP contribution is 2.50. The lowest BCUT2D eigenvalue weighted by molar-refractivity contribution is 0.425. The largest absolute Gasteiger partial charge is 0.378 e. The molecule has 0 saturated heterocycles. The quantitative estimate of drug-likeness (QED) is 0.513. The van der Waals surface area contributed by atoms with Gasteiger partial charge >= 0.3 is 0 Å². The molecule has 3 unspecified atom stereocenters. The van der Waals surface area contributed by atoms with Crippen LogP contribution in [0.25, 0.3) is 0 Å². The van der Waals surface area contributed by atoms with E-state index in [-0.39, 0.29) is 0 Å². The summed E-state index contributed by atoms with van der Waals surface area (Å²) in [7, 11) is 0.